The summed E-state index contributed by atoms with van der Waals surface area (Å²) in [4.78, 5) is 29.4. The van der Waals surface area contributed by atoms with Gasteiger partial charge in [0.25, 0.3) is 0 Å². The number of morpholine rings is 1. The molecular weight excluding hydrogens is 464 g/mol. The van der Waals surface area contributed by atoms with Gasteiger partial charge in [0.05, 0.1) is 13.2 Å². The third kappa shape index (κ3) is 4.82. The van der Waals surface area contributed by atoms with Crippen molar-refractivity contribution in [3.05, 3.63) is 75.8 Å². The van der Waals surface area contributed by atoms with Gasteiger partial charge in [-0.05, 0) is 60.6 Å². The Morgan fingerprint density at radius 1 is 1.03 bits per heavy atom. The van der Waals surface area contributed by atoms with Crippen molar-refractivity contribution < 1.29 is 19.1 Å². The van der Waals surface area contributed by atoms with Crippen molar-refractivity contribution in [3.8, 4) is 0 Å². The van der Waals surface area contributed by atoms with Crippen LogP contribution in [0.1, 0.15) is 47.6 Å². The number of nitrogens with zero attached hydrogens (tertiary/aromatic N) is 2. The first-order valence-corrected chi connectivity index (χ1v) is 12.7. The van der Waals surface area contributed by atoms with E-state index in [1.54, 1.807) is 11.0 Å². The standard InChI is InChI=1S/C28H31ClN2O4/c1-20-5-2-3-6-21(20)9-10-25(32)30-13-11-28(12-14-30)19-24(22-7-4-8-23(29)26(22)28)35-27(33)31-15-17-34-18-16-31/h2-10,24H,11-19H2,1H3/b10-9+. The first kappa shape index (κ1) is 23.9. The summed E-state index contributed by atoms with van der Waals surface area (Å²) in [5, 5.41) is 0.714. The van der Waals surface area contributed by atoms with Crippen molar-refractivity contribution in [2.24, 2.45) is 0 Å². The van der Waals surface area contributed by atoms with Crippen LogP contribution >= 0.6 is 11.6 Å². The maximum atomic E-state index is 12.9. The second-order valence-corrected chi connectivity index (χ2v) is 10.1. The summed E-state index contributed by atoms with van der Waals surface area (Å²) in [6, 6.07) is 13.9. The molecule has 0 saturated carbocycles. The second-order valence-electron chi connectivity index (χ2n) is 9.68. The molecule has 2 aliphatic heterocycles. The van der Waals surface area contributed by atoms with Crippen molar-refractivity contribution in [2.45, 2.75) is 37.7 Å². The van der Waals surface area contributed by atoms with Gasteiger partial charge in [-0.25, -0.2) is 4.79 Å². The van der Waals surface area contributed by atoms with Crippen LogP contribution in [0.25, 0.3) is 6.08 Å². The molecule has 3 aliphatic rings. The van der Waals surface area contributed by atoms with Gasteiger partial charge in [0.15, 0.2) is 0 Å². The summed E-state index contributed by atoms with van der Waals surface area (Å²) in [5.41, 5.74) is 4.09. The number of piperidine rings is 1. The minimum atomic E-state index is -0.331. The van der Waals surface area contributed by atoms with Gasteiger partial charge in [0.1, 0.15) is 6.10 Å². The molecule has 5 rings (SSSR count). The summed E-state index contributed by atoms with van der Waals surface area (Å²) < 4.78 is 11.4. The van der Waals surface area contributed by atoms with Gasteiger partial charge < -0.3 is 19.3 Å². The zero-order valence-corrected chi connectivity index (χ0v) is 20.8. The summed E-state index contributed by atoms with van der Waals surface area (Å²) in [6.45, 7) is 5.50. The SMILES string of the molecule is Cc1ccccc1/C=C/C(=O)N1CCC2(CC1)CC(OC(=O)N1CCOCC1)c1cccc(Cl)c12. The Bertz CT molecular complexity index is 1130. The van der Waals surface area contributed by atoms with E-state index in [0.29, 0.717) is 50.8 Å². The van der Waals surface area contributed by atoms with E-state index in [-0.39, 0.29) is 23.5 Å². The molecule has 2 aromatic carbocycles. The number of likely N-dealkylation sites (tertiary alicyclic amines) is 1. The molecule has 1 aliphatic carbocycles. The Morgan fingerprint density at radius 3 is 2.51 bits per heavy atom. The number of carbonyl (C=O) groups is 2. The highest BCUT2D eigenvalue weighted by Gasteiger charge is 2.48. The highest BCUT2D eigenvalue weighted by atomic mass is 35.5. The predicted molar refractivity (Wildman–Crippen MR) is 135 cm³/mol. The van der Waals surface area contributed by atoms with Crippen molar-refractivity contribution >= 4 is 29.7 Å². The van der Waals surface area contributed by atoms with Crippen molar-refractivity contribution in [2.75, 3.05) is 39.4 Å². The molecular formula is C28H31ClN2O4. The lowest BCUT2D eigenvalue weighted by Crippen LogP contribution is -2.44. The Balaban J connectivity index is 1.29. The summed E-state index contributed by atoms with van der Waals surface area (Å²) >= 11 is 6.72. The van der Waals surface area contributed by atoms with Crippen LogP contribution in [0.2, 0.25) is 5.02 Å². The van der Waals surface area contributed by atoms with Crippen LogP contribution < -0.4 is 0 Å². The predicted octanol–water partition coefficient (Wildman–Crippen LogP) is 5.14. The number of hydrogen-bond donors (Lipinski definition) is 0. The van der Waals surface area contributed by atoms with Gasteiger partial charge in [-0.3, -0.25) is 4.79 Å². The molecule has 1 atom stereocenters. The fourth-order valence-electron chi connectivity index (χ4n) is 5.63. The second kappa shape index (κ2) is 10.0. The molecule has 1 unspecified atom stereocenters. The Morgan fingerprint density at radius 2 is 1.77 bits per heavy atom. The van der Waals surface area contributed by atoms with Crippen LogP contribution in [-0.4, -0.2) is 61.2 Å². The van der Waals surface area contributed by atoms with Gasteiger partial charge in [-0.1, -0.05) is 48.0 Å². The van der Waals surface area contributed by atoms with Crippen LogP contribution in [0.15, 0.2) is 48.5 Å². The number of carbonyl (C=O) groups excluding carboxylic acids is 2. The van der Waals surface area contributed by atoms with Crippen LogP contribution in [0.5, 0.6) is 0 Å². The average molecular weight is 495 g/mol. The summed E-state index contributed by atoms with van der Waals surface area (Å²) in [5.74, 6) is 0.0239. The minimum absolute atomic E-state index is 0.0239. The topological polar surface area (TPSA) is 59.1 Å². The molecule has 2 fully saturated rings. The van der Waals surface area contributed by atoms with Gasteiger partial charge in [-0.15, -0.1) is 0 Å². The number of hydrogen-bond acceptors (Lipinski definition) is 4. The number of fused-ring (bicyclic) bond motifs is 2. The molecule has 0 radical (unpaired) electrons. The Kier molecular flexibility index (Phi) is 6.85. The summed E-state index contributed by atoms with van der Waals surface area (Å²) in [7, 11) is 0. The van der Waals surface area contributed by atoms with Crippen LogP contribution in [0.4, 0.5) is 4.79 Å². The summed E-state index contributed by atoms with van der Waals surface area (Å²) in [6.07, 6.45) is 5.22. The normalized spacial score (nSPS) is 21.4. The number of amides is 2. The molecule has 1 spiro atoms. The van der Waals surface area contributed by atoms with Crippen molar-refractivity contribution in [1.29, 1.82) is 0 Å². The molecule has 35 heavy (non-hydrogen) atoms. The van der Waals surface area contributed by atoms with Crippen LogP contribution in [0, 0.1) is 6.92 Å². The van der Waals surface area contributed by atoms with E-state index in [4.69, 9.17) is 21.1 Å². The lowest BCUT2D eigenvalue weighted by Gasteiger charge is -2.40. The largest absolute Gasteiger partial charge is 0.441 e. The molecule has 2 saturated heterocycles. The smallest absolute Gasteiger partial charge is 0.410 e. The lowest BCUT2D eigenvalue weighted by molar-refractivity contribution is -0.127. The van der Waals surface area contributed by atoms with E-state index in [1.807, 2.05) is 60.4 Å². The first-order valence-electron chi connectivity index (χ1n) is 12.3. The minimum Gasteiger partial charge on any atom is -0.441 e. The maximum Gasteiger partial charge on any atom is 0.410 e. The van der Waals surface area contributed by atoms with E-state index in [1.165, 1.54) is 0 Å². The van der Waals surface area contributed by atoms with Gasteiger partial charge in [0.2, 0.25) is 5.91 Å². The van der Waals surface area contributed by atoms with E-state index >= 15 is 0 Å². The Labute approximate surface area is 211 Å². The molecule has 7 heteroatoms. The highest BCUT2D eigenvalue weighted by Crippen LogP contribution is 2.54. The lowest BCUT2D eigenvalue weighted by atomic mass is 9.73. The number of benzene rings is 2. The molecule has 2 amide bonds. The molecule has 184 valence electrons. The fourth-order valence-corrected chi connectivity index (χ4v) is 6.01. The van der Waals surface area contributed by atoms with Crippen molar-refractivity contribution in [1.82, 2.24) is 9.80 Å². The maximum absolute atomic E-state index is 12.9. The van der Waals surface area contributed by atoms with E-state index in [0.717, 1.165) is 35.1 Å². The third-order valence-corrected chi connectivity index (χ3v) is 7.95. The number of aryl methyl sites for hydroxylation is 1. The van der Waals surface area contributed by atoms with E-state index < -0.39 is 0 Å². The van der Waals surface area contributed by atoms with Crippen LogP contribution in [0.3, 0.4) is 0 Å². The first-order chi connectivity index (χ1) is 17.0. The van der Waals surface area contributed by atoms with Gasteiger partial charge in [0, 0.05) is 42.7 Å². The van der Waals surface area contributed by atoms with Crippen LogP contribution in [-0.2, 0) is 19.7 Å². The number of halogens is 1. The monoisotopic (exact) mass is 494 g/mol. The highest BCUT2D eigenvalue weighted by molar-refractivity contribution is 6.31. The van der Waals surface area contributed by atoms with E-state index in [9.17, 15) is 9.59 Å². The number of rotatable bonds is 3. The molecule has 0 bridgehead atoms. The van der Waals surface area contributed by atoms with Crippen molar-refractivity contribution in [3.63, 3.8) is 0 Å². The quantitative estimate of drug-likeness (QED) is 0.555. The zero-order chi connectivity index (χ0) is 24.4. The van der Waals surface area contributed by atoms with Gasteiger partial charge in [-0.2, -0.15) is 0 Å². The molecule has 0 aromatic heterocycles. The zero-order valence-electron chi connectivity index (χ0n) is 20.0. The van der Waals surface area contributed by atoms with Gasteiger partial charge >= 0.3 is 6.09 Å². The van der Waals surface area contributed by atoms with E-state index in [2.05, 4.69) is 0 Å². The third-order valence-electron chi connectivity index (χ3n) is 7.64. The molecule has 2 aromatic rings. The molecule has 2 heterocycles. The fraction of sp³-hybridized carbons (Fsp3) is 0.429. The average Bonchev–Trinajstić information content (AvgIpc) is 3.18. The number of ether oxygens (including phenoxy) is 2. The molecule has 0 N–H and O–H groups in total. The molecule has 6 nitrogen and oxygen atoms in total. The Hall–Kier alpha value is -2.83.